The van der Waals surface area contributed by atoms with Gasteiger partial charge < -0.3 is 5.32 Å². The van der Waals surface area contributed by atoms with Gasteiger partial charge in [0.25, 0.3) is 5.91 Å². The molecule has 3 rings (SSSR count). The first-order valence-corrected chi connectivity index (χ1v) is 7.03. The quantitative estimate of drug-likeness (QED) is 0.819. The fourth-order valence-electron chi connectivity index (χ4n) is 2.53. The topological polar surface area (TPSA) is 29.1 Å². The second-order valence-corrected chi connectivity index (χ2v) is 5.36. The van der Waals surface area contributed by atoms with Gasteiger partial charge in [0, 0.05) is 12.1 Å². The highest BCUT2D eigenvalue weighted by atomic mass is 16.1. The highest BCUT2D eigenvalue weighted by molar-refractivity contribution is 5.96. The zero-order valence-corrected chi connectivity index (χ0v) is 11.0. The number of rotatable bonds is 4. The van der Waals surface area contributed by atoms with Crippen LogP contribution in [0.5, 0.6) is 0 Å². The predicted molar refractivity (Wildman–Crippen MR) is 77.4 cm³/mol. The molecule has 0 bridgehead atoms. The first kappa shape index (κ1) is 12.2. The Hall–Kier alpha value is -1.83. The summed E-state index contributed by atoms with van der Waals surface area (Å²) in [6, 6.07) is 0. The molecule has 0 aromatic heterocycles. The van der Waals surface area contributed by atoms with E-state index in [1.807, 2.05) is 6.08 Å². The van der Waals surface area contributed by atoms with Crippen molar-refractivity contribution in [1.82, 2.24) is 5.32 Å². The maximum absolute atomic E-state index is 12.0. The highest BCUT2D eigenvalue weighted by Crippen LogP contribution is 2.44. The summed E-state index contributed by atoms with van der Waals surface area (Å²) >= 11 is 0. The number of carbonyl (C=O) groups is 1. The van der Waals surface area contributed by atoms with E-state index in [0.717, 1.165) is 18.4 Å². The van der Waals surface area contributed by atoms with Gasteiger partial charge in [-0.2, -0.15) is 0 Å². The molecule has 19 heavy (non-hydrogen) atoms. The van der Waals surface area contributed by atoms with Crippen LogP contribution in [-0.2, 0) is 4.79 Å². The molecule has 2 nitrogen and oxygen atoms in total. The molecule has 2 unspecified atom stereocenters. The lowest BCUT2D eigenvalue weighted by Crippen LogP contribution is -2.26. The van der Waals surface area contributed by atoms with E-state index in [4.69, 9.17) is 0 Å². The first-order chi connectivity index (χ1) is 9.33. The third-order valence-electron chi connectivity index (χ3n) is 3.82. The number of hydrogen-bond donors (Lipinski definition) is 1. The standard InChI is InChI=1S/C17H19NO/c19-17(15-8-7-14-11-16(14)12-15)18-10-9-13-5-3-1-2-4-6-13/h1,3-8,12,14,16H,2,9-11H2,(H,18,19). The second kappa shape index (κ2) is 5.43. The van der Waals surface area contributed by atoms with Crippen molar-refractivity contribution in [3.63, 3.8) is 0 Å². The molecule has 0 aliphatic heterocycles. The minimum atomic E-state index is 0.0651. The van der Waals surface area contributed by atoms with E-state index in [9.17, 15) is 4.79 Å². The Morgan fingerprint density at radius 2 is 2.21 bits per heavy atom. The number of fused-ring (bicyclic) bond motifs is 1. The van der Waals surface area contributed by atoms with Gasteiger partial charge in [-0.25, -0.2) is 0 Å². The van der Waals surface area contributed by atoms with E-state index in [2.05, 4.69) is 47.8 Å². The zero-order chi connectivity index (χ0) is 13.1. The van der Waals surface area contributed by atoms with Crippen LogP contribution in [0.2, 0.25) is 0 Å². The summed E-state index contributed by atoms with van der Waals surface area (Å²) in [4.78, 5) is 12.0. The Labute approximate surface area is 114 Å². The summed E-state index contributed by atoms with van der Waals surface area (Å²) in [5.74, 6) is 1.41. The van der Waals surface area contributed by atoms with E-state index >= 15 is 0 Å². The number of amides is 1. The van der Waals surface area contributed by atoms with Crippen LogP contribution < -0.4 is 5.32 Å². The van der Waals surface area contributed by atoms with E-state index in [1.54, 1.807) is 0 Å². The van der Waals surface area contributed by atoms with E-state index in [0.29, 0.717) is 18.4 Å². The minimum Gasteiger partial charge on any atom is -0.352 e. The summed E-state index contributed by atoms with van der Waals surface area (Å²) in [5, 5.41) is 3.00. The Bertz CT molecular complexity index is 519. The third kappa shape index (κ3) is 3.14. The molecule has 1 N–H and O–H groups in total. The van der Waals surface area contributed by atoms with Crippen LogP contribution in [-0.4, -0.2) is 12.5 Å². The summed E-state index contributed by atoms with van der Waals surface area (Å²) in [6.07, 6.45) is 20.0. The lowest BCUT2D eigenvalue weighted by molar-refractivity contribution is -0.117. The summed E-state index contributed by atoms with van der Waals surface area (Å²) in [5.41, 5.74) is 2.11. The monoisotopic (exact) mass is 253 g/mol. The van der Waals surface area contributed by atoms with Crippen LogP contribution in [0.15, 0.2) is 59.8 Å². The van der Waals surface area contributed by atoms with Crippen molar-refractivity contribution in [2.45, 2.75) is 19.3 Å². The molecular weight excluding hydrogens is 234 g/mol. The molecule has 3 aliphatic rings. The molecule has 0 saturated heterocycles. The SMILES string of the molecule is O=C(NCCC1=CC=CCC=C1)C1=CC2CC2C=C1. The van der Waals surface area contributed by atoms with Gasteiger partial charge in [0.15, 0.2) is 0 Å². The van der Waals surface area contributed by atoms with Crippen molar-refractivity contribution in [1.29, 1.82) is 0 Å². The van der Waals surface area contributed by atoms with Gasteiger partial charge in [0.05, 0.1) is 0 Å². The van der Waals surface area contributed by atoms with Crippen molar-refractivity contribution < 1.29 is 4.79 Å². The molecule has 0 spiro atoms. The van der Waals surface area contributed by atoms with Crippen molar-refractivity contribution in [3.8, 4) is 0 Å². The van der Waals surface area contributed by atoms with Gasteiger partial charge in [0.1, 0.15) is 0 Å². The lowest BCUT2D eigenvalue weighted by Gasteiger charge is -2.08. The molecule has 1 amide bonds. The molecule has 0 aromatic rings. The van der Waals surface area contributed by atoms with Gasteiger partial charge >= 0.3 is 0 Å². The minimum absolute atomic E-state index is 0.0651. The average Bonchev–Trinajstić information content (AvgIpc) is 3.21. The van der Waals surface area contributed by atoms with Crippen molar-refractivity contribution in [3.05, 3.63) is 59.8 Å². The smallest absolute Gasteiger partial charge is 0.250 e. The lowest BCUT2D eigenvalue weighted by atomic mass is 10.1. The number of hydrogen-bond acceptors (Lipinski definition) is 1. The van der Waals surface area contributed by atoms with Crippen LogP contribution in [0, 0.1) is 11.8 Å². The molecule has 3 aliphatic carbocycles. The van der Waals surface area contributed by atoms with Crippen molar-refractivity contribution >= 4 is 5.91 Å². The van der Waals surface area contributed by atoms with E-state index in [1.165, 1.54) is 12.0 Å². The summed E-state index contributed by atoms with van der Waals surface area (Å²) < 4.78 is 0. The maximum Gasteiger partial charge on any atom is 0.250 e. The predicted octanol–water partition coefficient (Wildman–Crippen LogP) is 3.07. The van der Waals surface area contributed by atoms with Crippen molar-refractivity contribution in [2.24, 2.45) is 11.8 Å². The molecule has 0 heterocycles. The maximum atomic E-state index is 12.0. The van der Waals surface area contributed by atoms with Crippen LogP contribution in [0.3, 0.4) is 0 Å². The Kier molecular flexibility index (Phi) is 3.49. The highest BCUT2D eigenvalue weighted by Gasteiger charge is 2.35. The van der Waals surface area contributed by atoms with Gasteiger partial charge in [-0.15, -0.1) is 0 Å². The number of carbonyl (C=O) groups excluding carboxylic acids is 1. The molecule has 98 valence electrons. The molecule has 0 radical (unpaired) electrons. The fraction of sp³-hybridized carbons (Fsp3) is 0.353. The van der Waals surface area contributed by atoms with Gasteiger partial charge in [-0.05, 0) is 36.7 Å². The molecular formula is C17H19NO. The van der Waals surface area contributed by atoms with Crippen LogP contribution in [0.4, 0.5) is 0 Å². The van der Waals surface area contributed by atoms with Crippen LogP contribution in [0.1, 0.15) is 19.3 Å². The average molecular weight is 253 g/mol. The molecule has 1 fully saturated rings. The fourth-order valence-corrected chi connectivity index (χ4v) is 2.53. The second-order valence-electron chi connectivity index (χ2n) is 5.36. The first-order valence-electron chi connectivity index (χ1n) is 7.03. The van der Waals surface area contributed by atoms with E-state index < -0.39 is 0 Å². The Morgan fingerprint density at radius 3 is 3.11 bits per heavy atom. The van der Waals surface area contributed by atoms with Gasteiger partial charge in [-0.1, -0.05) is 48.6 Å². The number of allylic oxidation sites excluding steroid dienone is 7. The third-order valence-corrected chi connectivity index (χ3v) is 3.82. The molecule has 2 atom stereocenters. The number of nitrogens with one attached hydrogen (secondary N) is 1. The largest absolute Gasteiger partial charge is 0.352 e. The van der Waals surface area contributed by atoms with Crippen LogP contribution >= 0.6 is 0 Å². The van der Waals surface area contributed by atoms with Gasteiger partial charge in [-0.3, -0.25) is 4.79 Å². The summed E-state index contributed by atoms with van der Waals surface area (Å²) in [6.45, 7) is 0.697. The van der Waals surface area contributed by atoms with Crippen LogP contribution in [0.25, 0.3) is 0 Å². The Balaban J connectivity index is 1.47. The normalized spacial score (nSPS) is 27.2. The van der Waals surface area contributed by atoms with Gasteiger partial charge in [0.2, 0.25) is 0 Å². The molecule has 1 saturated carbocycles. The summed E-state index contributed by atoms with van der Waals surface area (Å²) in [7, 11) is 0. The van der Waals surface area contributed by atoms with Crippen molar-refractivity contribution in [2.75, 3.05) is 6.54 Å². The zero-order valence-electron chi connectivity index (χ0n) is 11.0. The molecule has 0 aromatic carbocycles. The molecule has 2 heteroatoms. The van der Waals surface area contributed by atoms with E-state index in [-0.39, 0.29) is 5.91 Å². The Morgan fingerprint density at radius 1 is 1.26 bits per heavy atom.